The number of carboxylic acids is 1. The molecule has 1 amide bonds. The standard InChI is InChI=1S/C8H11N5O3S/c1-12-3-2-5(7(12)16)13-8(9-10-11-13)17-4-6(14)15/h5H,2-4H2,1H3,(H,14,15). The molecule has 1 aliphatic rings. The summed E-state index contributed by atoms with van der Waals surface area (Å²) in [6.07, 6.45) is 0.640. The number of likely N-dealkylation sites (N-methyl/N-ethyl adjacent to an activating group) is 1. The Morgan fingerprint density at radius 2 is 2.41 bits per heavy atom. The minimum atomic E-state index is -0.945. The Hall–Kier alpha value is -1.64. The van der Waals surface area contributed by atoms with Crippen LogP contribution in [0.4, 0.5) is 0 Å². The Labute approximate surface area is 101 Å². The first-order valence-electron chi connectivity index (χ1n) is 4.97. The van der Waals surface area contributed by atoms with Gasteiger partial charge in [-0.15, -0.1) is 5.10 Å². The fourth-order valence-corrected chi connectivity index (χ4v) is 2.28. The molecular formula is C8H11N5O3S. The molecule has 1 aliphatic heterocycles. The third kappa shape index (κ3) is 2.38. The highest BCUT2D eigenvalue weighted by Gasteiger charge is 2.33. The summed E-state index contributed by atoms with van der Waals surface area (Å²) in [5, 5.41) is 19.9. The van der Waals surface area contributed by atoms with Crippen molar-refractivity contribution in [2.45, 2.75) is 17.6 Å². The molecule has 1 aromatic rings. The van der Waals surface area contributed by atoms with Gasteiger partial charge in [0.1, 0.15) is 6.04 Å². The smallest absolute Gasteiger partial charge is 0.313 e. The van der Waals surface area contributed by atoms with E-state index in [-0.39, 0.29) is 11.7 Å². The number of carbonyl (C=O) groups is 2. The lowest BCUT2D eigenvalue weighted by molar-refractivity contribution is -0.134. The number of thioether (sulfide) groups is 1. The Morgan fingerprint density at radius 1 is 1.65 bits per heavy atom. The van der Waals surface area contributed by atoms with E-state index in [1.165, 1.54) is 4.68 Å². The van der Waals surface area contributed by atoms with Gasteiger partial charge in [0.25, 0.3) is 0 Å². The van der Waals surface area contributed by atoms with E-state index in [4.69, 9.17) is 5.11 Å². The SMILES string of the molecule is CN1CCC(n2nnnc2SCC(=O)O)C1=O. The highest BCUT2D eigenvalue weighted by Crippen LogP contribution is 2.25. The number of rotatable bonds is 4. The van der Waals surface area contributed by atoms with E-state index in [1.807, 2.05) is 0 Å². The van der Waals surface area contributed by atoms with Crippen molar-refractivity contribution in [2.24, 2.45) is 0 Å². The maximum absolute atomic E-state index is 11.8. The van der Waals surface area contributed by atoms with Gasteiger partial charge in [0.15, 0.2) is 0 Å². The second-order valence-electron chi connectivity index (χ2n) is 3.65. The highest BCUT2D eigenvalue weighted by molar-refractivity contribution is 7.99. The average Bonchev–Trinajstić information content (AvgIpc) is 2.85. The molecule has 0 bridgehead atoms. The summed E-state index contributed by atoms with van der Waals surface area (Å²) in [7, 11) is 1.72. The molecule has 1 saturated heterocycles. The molecule has 92 valence electrons. The summed E-state index contributed by atoms with van der Waals surface area (Å²) in [5.41, 5.74) is 0. The van der Waals surface area contributed by atoms with Gasteiger partial charge in [-0.25, -0.2) is 4.68 Å². The molecule has 1 fully saturated rings. The van der Waals surface area contributed by atoms with Gasteiger partial charge in [-0.2, -0.15) is 0 Å². The first kappa shape index (κ1) is 11.8. The second-order valence-corrected chi connectivity index (χ2v) is 4.60. The summed E-state index contributed by atoms with van der Waals surface area (Å²) in [4.78, 5) is 23.9. The van der Waals surface area contributed by atoms with Crippen molar-refractivity contribution in [3.05, 3.63) is 0 Å². The third-order valence-corrected chi connectivity index (χ3v) is 3.40. The number of aromatic nitrogens is 4. The van der Waals surface area contributed by atoms with Crippen LogP contribution in [0.3, 0.4) is 0 Å². The van der Waals surface area contributed by atoms with Crippen LogP contribution >= 0.6 is 11.8 Å². The normalized spacial score (nSPS) is 19.9. The number of amides is 1. The van der Waals surface area contributed by atoms with Gasteiger partial charge < -0.3 is 10.0 Å². The second kappa shape index (κ2) is 4.70. The van der Waals surface area contributed by atoms with E-state index in [2.05, 4.69) is 15.5 Å². The molecule has 0 spiro atoms. The molecule has 1 N–H and O–H groups in total. The van der Waals surface area contributed by atoms with E-state index in [0.717, 1.165) is 11.8 Å². The summed E-state index contributed by atoms with van der Waals surface area (Å²) in [6, 6.07) is -0.411. The number of aliphatic carboxylic acids is 1. The molecular weight excluding hydrogens is 246 g/mol. The van der Waals surface area contributed by atoms with Crippen molar-refractivity contribution < 1.29 is 14.7 Å². The van der Waals surface area contributed by atoms with E-state index in [0.29, 0.717) is 18.1 Å². The fourth-order valence-electron chi connectivity index (χ4n) is 1.63. The number of tetrazole rings is 1. The number of nitrogens with zero attached hydrogens (tertiary/aromatic N) is 5. The summed E-state index contributed by atoms with van der Waals surface area (Å²) < 4.78 is 1.40. The topological polar surface area (TPSA) is 101 Å². The van der Waals surface area contributed by atoms with Crippen molar-refractivity contribution in [2.75, 3.05) is 19.3 Å². The van der Waals surface area contributed by atoms with Gasteiger partial charge in [-0.1, -0.05) is 11.8 Å². The molecule has 1 aromatic heterocycles. The van der Waals surface area contributed by atoms with Gasteiger partial charge >= 0.3 is 5.97 Å². The lowest BCUT2D eigenvalue weighted by atomic mass is 10.3. The molecule has 0 radical (unpaired) electrons. The van der Waals surface area contributed by atoms with Crippen LogP contribution in [-0.2, 0) is 9.59 Å². The summed E-state index contributed by atoms with van der Waals surface area (Å²) in [6.45, 7) is 0.659. The zero-order valence-corrected chi connectivity index (χ0v) is 9.92. The predicted molar refractivity (Wildman–Crippen MR) is 57.5 cm³/mol. The van der Waals surface area contributed by atoms with E-state index < -0.39 is 12.0 Å². The molecule has 0 aromatic carbocycles. The maximum atomic E-state index is 11.8. The Balaban J connectivity index is 2.13. The van der Waals surface area contributed by atoms with Gasteiger partial charge in [-0.3, -0.25) is 9.59 Å². The van der Waals surface area contributed by atoms with Crippen molar-refractivity contribution >= 4 is 23.6 Å². The zero-order chi connectivity index (χ0) is 12.4. The predicted octanol–water partition coefficient (Wildman–Crippen LogP) is -0.747. The first-order valence-corrected chi connectivity index (χ1v) is 5.95. The molecule has 2 heterocycles. The van der Waals surface area contributed by atoms with Crippen molar-refractivity contribution in [1.82, 2.24) is 25.1 Å². The van der Waals surface area contributed by atoms with Crippen molar-refractivity contribution in [3.8, 4) is 0 Å². The van der Waals surface area contributed by atoms with Gasteiger partial charge in [-0.05, 0) is 16.8 Å². The maximum Gasteiger partial charge on any atom is 0.313 e. The molecule has 17 heavy (non-hydrogen) atoms. The van der Waals surface area contributed by atoms with Crippen molar-refractivity contribution in [3.63, 3.8) is 0 Å². The Bertz CT molecular complexity index is 448. The zero-order valence-electron chi connectivity index (χ0n) is 9.11. The fraction of sp³-hybridized carbons (Fsp3) is 0.625. The molecule has 9 heteroatoms. The Morgan fingerprint density at radius 3 is 3.00 bits per heavy atom. The van der Waals surface area contributed by atoms with E-state index >= 15 is 0 Å². The molecule has 1 atom stereocenters. The number of hydrogen-bond acceptors (Lipinski definition) is 6. The quantitative estimate of drug-likeness (QED) is 0.708. The average molecular weight is 257 g/mol. The first-order chi connectivity index (χ1) is 8.09. The number of carboxylic acid groups (broad SMARTS) is 1. The molecule has 0 saturated carbocycles. The highest BCUT2D eigenvalue weighted by atomic mass is 32.2. The summed E-state index contributed by atoms with van der Waals surface area (Å²) >= 11 is 1.01. The van der Waals surface area contributed by atoms with E-state index in [9.17, 15) is 9.59 Å². The number of hydrogen-bond donors (Lipinski definition) is 1. The van der Waals surface area contributed by atoms with Crippen LogP contribution in [0.25, 0.3) is 0 Å². The number of likely N-dealkylation sites (tertiary alicyclic amines) is 1. The Kier molecular flexibility index (Phi) is 3.27. The van der Waals surface area contributed by atoms with Crippen LogP contribution in [0.15, 0.2) is 5.16 Å². The van der Waals surface area contributed by atoms with Gasteiger partial charge in [0.2, 0.25) is 11.1 Å². The van der Waals surface area contributed by atoms with Crippen LogP contribution in [-0.4, -0.2) is 61.4 Å². The van der Waals surface area contributed by atoms with Crippen molar-refractivity contribution in [1.29, 1.82) is 0 Å². The monoisotopic (exact) mass is 257 g/mol. The van der Waals surface area contributed by atoms with Crippen LogP contribution in [0, 0.1) is 0 Å². The lowest BCUT2D eigenvalue weighted by Crippen LogP contribution is -2.25. The van der Waals surface area contributed by atoms with Crippen LogP contribution in [0.1, 0.15) is 12.5 Å². The van der Waals surface area contributed by atoms with Gasteiger partial charge in [0.05, 0.1) is 5.75 Å². The minimum absolute atomic E-state index is 0.0468. The lowest BCUT2D eigenvalue weighted by Gasteiger charge is -2.10. The molecule has 2 rings (SSSR count). The summed E-state index contributed by atoms with van der Waals surface area (Å²) in [5.74, 6) is -1.12. The third-order valence-electron chi connectivity index (χ3n) is 2.48. The molecule has 1 unspecified atom stereocenters. The van der Waals surface area contributed by atoms with Crippen LogP contribution < -0.4 is 0 Å². The molecule has 8 nitrogen and oxygen atoms in total. The largest absolute Gasteiger partial charge is 0.481 e. The van der Waals surface area contributed by atoms with Crippen LogP contribution in [0.2, 0.25) is 0 Å². The molecule has 0 aliphatic carbocycles. The number of carbonyl (C=O) groups excluding carboxylic acids is 1. The van der Waals surface area contributed by atoms with E-state index in [1.54, 1.807) is 11.9 Å². The van der Waals surface area contributed by atoms with Crippen LogP contribution in [0.5, 0.6) is 0 Å². The van der Waals surface area contributed by atoms with Gasteiger partial charge in [0, 0.05) is 13.6 Å². The minimum Gasteiger partial charge on any atom is -0.481 e.